The smallest absolute Gasteiger partial charge is 0.254 e. The van der Waals surface area contributed by atoms with Gasteiger partial charge in [-0.05, 0) is 30.9 Å². The highest BCUT2D eigenvalue weighted by atomic mass is 35.5. The lowest BCUT2D eigenvalue weighted by molar-refractivity contribution is 0.0944. The Bertz CT molecular complexity index is 483. The minimum absolute atomic E-state index is 0.266. The van der Waals surface area contributed by atoms with Crippen LogP contribution in [0.5, 0.6) is 0 Å². The van der Waals surface area contributed by atoms with E-state index < -0.39 is 0 Å². The molecule has 18 heavy (non-hydrogen) atoms. The Hall–Kier alpha value is -0.840. The van der Waals surface area contributed by atoms with E-state index >= 15 is 0 Å². The molecule has 96 valence electrons. The molecule has 0 heterocycles. The van der Waals surface area contributed by atoms with E-state index in [4.69, 9.17) is 41.2 Å². The quantitative estimate of drug-likeness (QED) is 0.841. The van der Waals surface area contributed by atoms with Crippen LogP contribution in [0, 0.1) is 5.92 Å². The van der Waals surface area contributed by atoms with Crippen molar-refractivity contribution < 1.29 is 4.79 Å². The van der Waals surface area contributed by atoms with Gasteiger partial charge < -0.3 is 11.1 Å². The topological polar surface area (TPSA) is 55.1 Å². The third-order valence-electron chi connectivity index (χ3n) is 2.88. The summed E-state index contributed by atoms with van der Waals surface area (Å²) in [5.41, 5.74) is 5.90. The first kappa shape index (κ1) is 13.6. The van der Waals surface area contributed by atoms with Crippen molar-refractivity contribution in [2.24, 2.45) is 11.7 Å². The lowest BCUT2D eigenvalue weighted by atomic mass is 10.1. The van der Waals surface area contributed by atoms with Crippen LogP contribution in [0.4, 0.5) is 0 Å². The number of hydrogen-bond acceptors (Lipinski definition) is 2. The first-order valence-electron chi connectivity index (χ1n) is 5.55. The molecular formula is C12H12Cl2N2OS. The lowest BCUT2D eigenvalue weighted by Gasteiger charge is -2.17. The Morgan fingerprint density at radius 2 is 1.94 bits per heavy atom. The van der Waals surface area contributed by atoms with Gasteiger partial charge in [0.05, 0.1) is 26.6 Å². The third-order valence-corrected chi connectivity index (χ3v) is 3.76. The van der Waals surface area contributed by atoms with Crippen LogP contribution in [-0.4, -0.2) is 16.9 Å². The molecule has 0 bridgehead atoms. The van der Waals surface area contributed by atoms with Crippen molar-refractivity contribution in [1.82, 2.24) is 5.32 Å². The number of nitrogens with one attached hydrogen (secondary N) is 1. The zero-order chi connectivity index (χ0) is 13.3. The predicted octanol–water partition coefficient (Wildman–Crippen LogP) is 2.79. The Labute approximate surface area is 121 Å². The molecule has 1 atom stereocenters. The molecule has 1 aliphatic rings. The van der Waals surface area contributed by atoms with Crippen LogP contribution in [0.3, 0.4) is 0 Å². The number of carbonyl (C=O) groups is 1. The summed E-state index contributed by atoms with van der Waals surface area (Å²) in [4.78, 5) is 12.4. The molecule has 0 aliphatic heterocycles. The molecule has 0 radical (unpaired) electrons. The van der Waals surface area contributed by atoms with Crippen LogP contribution >= 0.6 is 35.4 Å². The zero-order valence-corrected chi connectivity index (χ0v) is 11.8. The second-order valence-electron chi connectivity index (χ2n) is 4.29. The van der Waals surface area contributed by atoms with Gasteiger partial charge in [-0.2, -0.15) is 0 Å². The van der Waals surface area contributed by atoms with E-state index in [1.165, 1.54) is 0 Å². The molecule has 1 unspecified atom stereocenters. The average Bonchev–Trinajstić information content (AvgIpc) is 3.09. The van der Waals surface area contributed by atoms with Crippen LogP contribution in [0.15, 0.2) is 18.2 Å². The summed E-state index contributed by atoms with van der Waals surface area (Å²) >= 11 is 16.9. The molecular weight excluding hydrogens is 291 g/mol. The van der Waals surface area contributed by atoms with Crippen LogP contribution in [0.1, 0.15) is 23.2 Å². The van der Waals surface area contributed by atoms with Gasteiger partial charge in [-0.15, -0.1) is 0 Å². The summed E-state index contributed by atoms with van der Waals surface area (Å²) in [5, 5.41) is 3.44. The zero-order valence-electron chi connectivity index (χ0n) is 9.45. The Kier molecular flexibility index (Phi) is 4.10. The molecule has 0 spiro atoms. The molecule has 0 aromatic heterocycles. The lowest BCUT2D eigenvalue weighted by Crippen LogP contribution is -2.45. The molecule has 1 aliphatic carbocycles. The summed E-state index contributed by atoms with van der Waals surface area (Å²) < 4.78 is 0. The summed E-state index contributed by atoms with van der Waals surface area (Å²) in [5.74, 6) is 0.00279. The number of thiocarbonyl (C=S) groups is 1. The third kappa shape index (κ3) is 2.94. The highest BCUT2D eigenvalue weighted by Gasteiger charge is 2.34. The van der Waals surface area contributed by atoms with Crippen LogP contribution < -0.4 is 11.1 Å². The monoisotopic (exact) mass is 302 g/mol. The molecule has 1 fully saturated rings. The maximum atomic E-state index is 12.1. The van der Waals surface area contributed by atoms with Gasteiger partial charge in [-0.1, -0.05) is 41.5 Å². The van der Waals surface area contributed by atoms with E-state index in [-0.39, 0.29) is 17.5 Å². The first-order valence-corrected chi connectivity index (χ1v) is 6.71. The van der Waals surface area contributed by atoms with Crippen molar-refractivity contribution in [2.45, 2.75) is 18.9 Å². The molecule has 2 rings (SSSR count). The highest BCUT2D eigenvalue weighted by molar-refractivity contribution is 7.80. The largest absolute Gasteiger partial charge is 0.392 e. The molecule has 1 aromatic rings. The van der Waals surface area contributed by atoms with Crippen LogP contribution in [0.25, 0.3) is 0 Å². The second-order valence-corrected chi connectivity index (χ2v) is 5.57. The van der Waals surface area contributed by atoms with Gasteiger partial charge >= 0.3 is 0 Å². The van der Waals surface area contributed by atoms with Gasteiger partial charge in [0.25, 0.3) is 5.91 Å². The Morgan fingerprint density at radius 3 is 2.39 bits per heavy atom. The molecule has 3 nitrogen and oxygen atoms in total. The van der Waals surface area contributed by atoms with Crippen molar-refractivity contribution in [3.63, 3.8) is 0 Å². The number of rotatable bonds is 4. The van der Waals surface area contributed by atoms with Crippen molar-refractivity contribution in [2.75, 3.05) is 0 Å². The average molecular weight is 303 g/mol. The second kappa shape index (κ2) is 5.43. The van der Waals surface area contributed by atoms with Gasteiger partial charge in [0.2, 0.25) is 0 Å². The molecule has 1 amide bonds. The summed E-state index contributed by atoms with van der Waals surface area (Å²) in [6.07, 6.45) is 2.05. The maximum absolute atomic E-state index is 12.1. The Balaban J connectivity index is 2.18. The number of benzene rings is 1. The predicted molar refractivity (Wildman–Crippen MR) is 77.2 cm³/mol. The van der Waals surface area contributed by atoms with E-state index in [2.05, 4.69) is 5.32 Å². The fourth-order valence-corrected chi connectivity index (χ4v) is 2.60. The van der Waals surface area contributed by atoms with Crippen molar-refractivity contribution >= 4 is 46.3 Å². The maximum Gasteiger partial charge on any atom is 0.254 e. The van der Waals surface area contributed by atoms with Gasteiger partial charge in [0.1, 0.15) is 0 Å². The van der Waals surface area contributed by atoms with E-state index in [1.54, 1.807) is 18.2 Å². The summed E-state index contributed by atoms with van der Waals surface area (Å²) in [7, 11) is 0. The molecule has 1 aromatic carbocycles. The first-order chi connectivity index (χ1) is 8.50. The van der Waals surface area contributed by atoms with Crippen LogP contribution in [0.2, 0.25) is 10.0 Å². The standard InChI is InChI=1S/C12H12Cl2N2OS/c13-7-2-1-3-8(14)9(7)12(17)16-10(11(15)18)6-4-5-6/h1-3,6,10H,4-5H2,(H2,15,18)(H,16,17). The van der Waals surface area contributed by atoms with Crippen molar-refractivity contribution in [3.8, 4) is 0 Å². The van der Waals surface area contributed by atoms with E-state index in [0.29, 0.717) is 21.0 Å². The van der Waals surface area contributed by atoms with Crippen molar-refractivity contribution in [1.29, 1.82) is 0 Å². The number of hydrogen-bond donors (Lipinski definition) is 2. The molecule has 1 saturated carbocycles. The molecule has 0 saturated heterocycles. The Morgan fingerprint density at radius 1 is 1.39 bits per heavy atom. The minimum Gasteiger partial charge on any atom is -0.392 e. The van der Waals surface area contributed by atoms with Crippen molar-refractivity contribution in [3.05, 3.63) is 33.8 Å². The SMILES string of the molecule is NC(=S)C(NC(=O)c1c(Cl)cccc1Cl)C1CC1. The van der Waals surface area contributed by atoms with Gasteiger partial charge in [0.15, 0.2) is 0 Å². The minimum atomic E-state index is -0.338. The normalized spacial score (nSPS) is 16.1. The fraction of sp³-hybridized carbons (Fsp3) is 0.333. The number of halogens is 2. The number of amides is 1. The van der Waals surface area contributed by atoms with Gasteiger partial charge in [-0.3, -0.25) is 4.79 Å². The highest BCUT2D eigenvalue weighted by Crippen LogP contribution is 2.33. The molecule has 3 N–H and O–H groups in total. The van der Waals surface area contributed by atoms with Crippen LogP contribution in [-0.2, 0) is 0 Å². The van der Waals surface area contributed by atoms with E-state index in [9.17, 15) is 4.79 Å². The van der Waals surface area contributed by atoms with E-state index in [1.807, 2.05) is 0 Å². The van der Waals surface area contributed by atoms with E-state index in [0.717, 1.165) is 12.8 Å². The fourth-order valence-electron chi connectivity index (χ4n) is 1.78. The summed E-state index contributed by atoms with van der Waals surface area (Å²) in [6.45, 7) is 0. The number of carbonyl (C=O) groups excluding carboxylic acids is 1. The van der Waals surface area contributed by atoms with Gasteiger partial charge in [-0.25, -0.2) is 0 Å². The number of nitrogens with two attached hydrogens (primary N) is 1. The molecule has 6 heteroatoms. The van der Waals surface area contributed by atoms with Gasteiger partial charge in [0, 0.05) is 0 Å². The summed E-state index contributed by atoms with van der Waals surface area (Å²) in [6, 6.07) is 4.65.